The fourth-order valence-electron chi connectivity index (χ4n) is 2.17. The quantitative estimate of drug-likeness (QED) is 0.228. The van der Waals surface area contributed by atoms with Crippen molar-refractivity contribution in [2.45, 2.75) is 68.6 Å². The lowest BCUT2D eigenvalue weighted by molar-refractivity contribution is -0.177. The molecule has 2 nitrogen and oxygen atoms in total. The van der Waals surface area contributed by atoms with Crippen LogP contribution < -0.4 is 0 Å². The van der Waals surface area contributed by atoms with Crippen molar-refractivity contribution in [3.8, 4) is 0 Å². The zero-order valence-electron chi connectivity index (χ0n) is 12.1. The van der Waals surface area contributed by atoms with Crippen molar-refractivity contribution in [3.05, 3.63) is 0 Å². The van der Waals surface area contributed by atoms with E-state index in [0.29, 0.717) is 0 Å². The zero-order chi connectivity index (χ0) is 14.9. The van der Waals surface area contributed by atoms with Crippen molar-refractivity contribution in [2.75, 3.05) is 7.11 Å². The third kappa shape index (κ3) is 6.36. The number of unbranched alkanes of at least 4 members (excludes halogenated alkanes) is 4. The summed E-state index contributed by atoms with van der Waals surface area (Å²) in [4.78, 5) is 11.2. The van der Waals surface area contributed by atoms with Gasteiger partial charge in [0.25, 0.3) is 0 Å². The van der Waals surface area contributed by atoms with Gasteiger partial charge in [-0.15, -0.1) is 0 Å². The number of halogens is 3. The highest BCUT2D eigenvalue weighted by atomic mass is 127. The Kier molecular flexibility index (Phi) is 9.92. The molecule has 2 unspecified atom stereocenters. The molecule has 0 aromatic rings. The first-order chi connectivity index (χ1) is 8.91. The summed E-state index contributed by atoms with van der Waals surface area (Å²) < 4.78 is 31.8. The topological polar surface area (TPSA) is 26.3 Å². The fourth-order valence-corrected chi connectivity index (χ4v) is 3.57. The highest BCUT2D eigenvalue weighted by molar-refractivity contribution is 14.1. The van der Waals surface area contributed by atoms with Gasteiger partial charge in [-0.05, 0) is 12.8 Å². The second-order valence-electron chi connectivity index (χ2n) is 4.85. The predicted molar refractivity (Wildman–Crippen MR) is 81.9 cm³/mol. The van der Waals surface area contributed by atoms with Crippen molar-refractivity contribution in [2.24, 2.45) is 5.92 Å². The molecular formula is C14H25F2IO2. The van der Waals surface area contributed by atoms with Crippen LogP contribution in [-0.4, -0.2) is 22.9 Å². The summed E-state index contributed by atoms with van der Waals surface area (Å²) in [5.74, 6) is -5.72. The fraction of sp³-hybridized carbons (Fsp3) is 0.929. The first kappa shape index (κ1) is 19.1. The lowest BCUT2D eigenvalue weighted by Gasteiger charge is -2.27. The van der Waals surface area contributed by atoms with Crippen LogP contribution in [0.2, 0.25) is 0 Å². The van der Waals surface area contributed by atoms with E-state index in [0.717, 1.165) is 32.8 Å². The molecule has 0 fully saturated rings. The third-order valence-corrected chi connectivity index (χ3v) is 4.87. The molecule has 0 saturated carbocycles. The van der Waals surface area contributed by atoms with Crippen molar-refractivity contribution in [3.63, 3.8) is 0 Å². The van der Waals surface area contributed by atoms with Crippen LogP contribution in [0.4, 0.5) is 8.78 Å². The van der Waals surface area contributed by atoms with E-state index in [-0.39, 0.29) is 10.3 Å². The Balaban J connectivity index is 4.31. The number of hydrogen-bond acceptors (Lipinski definition) is 2. The maximum Gasteiger partial charge on any atom is 0.377 e. The number of alkyl halides is 3. The Morgan fingerprint density at radius 1 is 1.21 bits per heavy atom. The highest BCUT2D eigenvalue weighted by Gasteiger charge is 2.49. The molecule has 0 aromatic carbocycles. The summed E-state index contributed by atoms with van der Waals surface area (Å²) in [6, 6.07) is 0. The molecule has 0 aliphatic carbocycles. The molecule has 0 bridgehead atoms. The number of carbonyl (C=O) groups excluding carboxylic acids is 1. The monoisotopic (exact) mass is 390 g/mol. The first-order valence-electron chi connectivity index (χ1n) is 7.02. The molecule has 0 radical (unpaired) electrons. The van der Waals surface area contributed by atoms with E-state index in [1.807, 2.05) is 0 Å². The molecule has 0 N–H and O–H groups in total. The zero-order valence-corrected chi connectivity index (χ0v) is 14.2. The van der Waals surface area contributed by atoms with Gasteiger partial charge in [0, 0.05) is 9.84 Å². The van der Waals surface area contributed by atoms with Crippen LogP contribution in [0.25, 0.3) is 0 Å². The Bertz CT molecular complexity index is 260. The Labute approximate surface area is 128 Å². The molecule has 0 aliphatic rings. The predicted octanol–water partition coefficient (Wildman–Crippen LogP) is 4.99. The molecule has 0 spiro atoms. The van der Waals surface area contributed by atoms with Crippen molar-refractivity contribution in [1.29, 1.82) is 0 Å². The lowest BCUT2D eigenvalue weighted by Crippen LogP contribution is -2.42. The van der Waals surface area contributed by atoms with Gasteiger partial charge in [-0.1, -0.05) is 68.5 Å². The number of methoxy groups -OCH3 is 1. The second kappa shape index (κ2) is 9.88. The molecule has 0 rings (SSSR count). The van der Waals surface area contributed by atoms with Gasteiger partial charge >= 0.3 is 11.9 Å². The maximum atomic E-state index is 13.9. The number of carbonyl (C=O) groups is 1. The van der Waals surface area contributed by atoms with E-state index >= 15 is 0 Å². The molecule has 0 saturated heterocycles. The van der Waals surface area contributed by atoms with E-state index < -0.39 is 17.8 Å². The van der Waals surface area contributed by atoms with Gasteiger partial charge in [0.2, 0.25) is 0 Å². The van der Waals surface area contributed by atoms with Crippen molar-refractivity contribution >= 4 is 28.6 Å². The van der Waals surface area contributed by atoms with Crippen LogP contribution >= 0.6 is 22.6 Å². The average Bonchev–Trinajstić information content (AvgIpc) is 2.37. The largest absolute Gasteiger partial charge is 0.465 e. The van der Waals surface area contributed by atoms with Crippen LogP contribution in [-0.2, 0) is 9.53 Å². The number of esters is 1. The van der Waals surface area contributed by atoms with E-state index in [9.17, 15) is 13.6 Å². The molecule has 0 amide bonds. The Morgan fingerprint density at radius 3 is 2.26 bits per heavy atom. The van der Waals surface area contributed by atoms with Gasteiger partial charge < -0.3 is 4.74 Å². The number of ether oxygens (including phenoxy) is 1. The van der Waals surface area contributed by atoms with E-state index in [1.54, 1.807) is 6.92 Å². The molecule has 114 valence electrons. The minimum Gasteiger partial charge on any atom is -0.465 e. The Hall–Kier alpha value is 0.0600. The van der Waals surface area contributed by atoms with Gasteiger partial charge in [-0.25, -0.2) is 4.79 Å². The van der Waals surface area contributed by atoms with Crippen LogP contribution in [0, 0.1) is 5.92 Å². The summed E-state index contributed by atoms with van der Waals surface area (Å²) in [7, 11) is 1.01. The van der Waals surface area contributed by atoms with Crippen LogP contribution in [0.5, 0.6) is 0 Å². The molecule has 0 heterocycles. The molecule has 0 aromatic heterocycles. The smallest absolute Gasteiger partial charge is 0.377 e. The first-order valence-corrected chi connectivity index (χ1v) is 8.26. The molecule has 0 aliphatic heterocycles. The minimum absolute atomic E-state index is 0.196. The van der Waals surface area contributed by atoms with Crippen molar-refractivity contribution in [1.82, 2.24) is 0 Å². The highest BCUT2D eigenvalue weighted by Crippen LogP contribution is 2.37. The second-order valence-corrected chi connectivity index (χ2v) is 6.45. The molecule has 5 heteroatoms. The molecule has 19 heavy (non-hydrogen) atoms. The molecule has 2 atom stereocenters. The third-order valence-electron chi connectivity index (χ3n) is 3.38. The van der Waals surface area contributed by atoms with Gasteiger partial charge in [0.1, 0.15) is 0 Å². The van der Waals surface area contributed by atoms with Gasteiger partial charge in [0.15, 0.2) is 0 Å². The van der Waals surface area contributed by atoms with Crippen molar-refractivity contribution < 1.29 is 18.3 Å². The molecular weight excluding hydrogens is 365 g/mol. The van der Waals surface area contributed by atoms with Crippen LogP contribution in [0.1, 0.15) is 58.8 Å². The maximum absolute atomic E-state index is 13.9. The Morgan fingerprint density at radius 2 is 1.79 bits per heavy atom. The lowest BCUT2D eigenvalue weighted by atomic mass is 9.91. The summed E-state index contributed by atoms with van der Waals surface area (Å²) >= 11 is 2.05. The average molecular weight is 390 g/mol. The number of rotatable bonds is 10. The van der Waals surface area contributed by atoms with Gasteiger partial charge in [-0.2, -0.15) is 8.78 Å². The summed E-state index contributed by atoms with van der Waals surface area (Å²) in [5.41, 5.74) is 0. The van der Waals surface area contributed by atoms with E-state index in [4.69, 9.17) is 0 Å². The van der Waals surface area contributed by atoms with E-state index in [1.165, 1.54) is 12.8 Å². The van der Waals surface area contributed by atoms with Crippen LogP contribution in [0.3, 0.4) is 0 Å². The standard InChI is InChI=1S/C14H25F2IO2/c1-4-6-7-8-9-10-12(17)11(5-2)14(15,16)13(18)19-3/h11-12H,4-10H2,1-3H3. The summed E-state index contributed by atoms with van der Waals surface area (Å²) in [5, 5.41) is 0. The van der Waals surface area contributed by atoms with Gasteiger partial charge in [0.05, 0.1) is 7.11 Å². The minimum atomic E-state index is -3.38. The van der Waals surface area contributed by atoms with Gasteiger partial charge in [-0.3, -0.25) is 0 Å². The summed E-state index contributed by atoms with van der Waals surface area (Å²) in [6.07, 6.45) is 6.56. The normalized spacial score (nSPS) is 15.1. The SMILES string of the molecule is CCCCCCCC(I)C(CC)C(F)(F)C(=O)OC. The van der Waals surface area contributed by atoms with E-state index in [2.05, 4.69) is 34.3 Å². The summed E-state index contributed by atoms with van der Waals surface area (Å²) in [6.45, 7) is 3.84. The van der Waals surface area contributed by atoms with Crippen LogP contribution in [0.15, 0.2) is 0 Å². The number of hydrogen-bond donors (Lipinski definition) is 0.